The van der Waals surface area contributed by atoms with Gasteiger partial charge in [-0.15, -0.1) is 11.3 Å². The van der Waals surface area contributed by atoms with Crippen LogP contribution in [0.3, 0.4) is 0 Å². The minimum atomic E-state index is -0.738. The van der Waals surface area contributed by atoms with E-state index >= 15 is 0 Å². The lowest BCUT2D eigenvalue weighted by atomic mass is 10.1. The number of carbonyl (C=O) groups is 1. The topological polar surface area (TPSA) is 82.7 Å². The maximum Gasteiger partial charge on any atom is 0.320 e. The van der Waals surface area contributed by atoms with E-state index in [0.717, 1.165) is 31.1 Å². The summed E-state index contributed by atoms with van der Waals surface area (Å²) in [7, 11) is 0. The summed E-state index contributed by atoms with van der Waals surface area (Å²) < 4.78 is 5.32. The van der Waals surface area contributed by atoms with Crippen molar-refractivity contribution >= 4 is 17.3 Å². The van der Waals surface area contributed by atoms with Gasteiger partial charge in [0.15, 0.2) is 0 Å². The fourth-order valence-corrected chi connectivity index (χ4v) is 3.49. The van der Waals surface area contributed by atoms with Gasteiger partial charge in [-0.3, -0.25) is 14.6 Å². The highest BCUT2D eigenvalue weighted by atomic mass is 32.1. The molecule has 1 fully saturated rings. The van der Waals surface area contributed by atoms with Crippen LogP contribution in [0.2, 0.25) is 0 Å². The van der Waals surface area contributed by atoms with Crippen LogP contribution in [-0.4, -0.2) is 63.2 Å². The van der Waals surface area contributed by atoms with Crippen LogP contribution in [0, 0.1) is 0 Å². The van der Waals surface area contributed by atoms with E-state index in [1.807, 2.05) is 29.3 Å². The van der Waals surface area contributed by atoms with Crippen molar-refractivity contribution < 1.29 is 14.4 Å². The Hall–Kier alpha value is -1.77. The standard InChI is InChI=1S/C15H20N4O3S/c1-2-11(15(20)21)19-7-5-18(6-8-19)10-13-16-14(17-22-13)12-4-3-9-23-12/h3-4,9,11H,2,5-8,10H2,1H3,(H,20,21). The second-order valence-corrected chi connectivity index (χ2v) is 6.51. The van der Waals surface area contributed by atoms with E-state index in [1.165, 1.54) is 0 Å². The molecule has 7 nitrogen and oxygen atoms in total. The third kappa shape index (κ3) is 3.77. The predicted octanol–water partition coefficient (Wildman–Crippen LogP) is 1.78. The smallest absolute Gasteiger partial charge is 0.320 e. The molecule has 23 heavy (non-hydrogen) atoms. The number of piperazine rings is 1. The molecule has 3 rings (SSSR count). The fraction of sp³-hybridized carbons (Fsp3) is 0.533. The Morgan fingerprint density at radius 1 is 1.43 bits per heavy atom. The van der Waals surface area contributed by atoms with Gasteiger partial charge in [-0.05, 0) is 17.9 Å². The molecule has 0 amide bonds. The third-order valence-corrected chi connectivity index (χ3v) is 4.95. The number of aromatic nitrogens is 2. The van der Waals surface area contributed by atoms with E-state index in [0.29, 0.717) is 24.7 Å². The summed E-state index contributed by atoms with van der Waals surface area (Å²) in [5.41, 5.74) is 0. The first-order chi connectivity index (χ1) is 11.2. The van der Waals surface area contributed by atoms with Crippen LogP contribution in [0.15, 0.2) is 22.0 Å². The first kappa shape index (κ1) is 16.1. The van der Waals surface area contributed by atoms with Crippen molar-refractivity contribution in [2.45, 2.75) is 25.9 Å². The summed E-state index contributed by atoms with van der Waals surface area (Å²) in [6.07, 6.45) is 0.628. The van der Waals surface area contributed by atoms with Gasteiger partial charge in [-0.2, -0.15) is 4.98 Å². The summed E-state index contributed by atoms with van der Waals surface area (Å²) >= 11 is 1.58. The Bertz CT molecular complexity index is 635. The van der Waals surface area contributed by atoms with Gasteiger partial charge in [0.2, 0.25) is 11.7 Å². The summed E-state index contributed by atoms with van der Waals surface area (Å²) in [4.78, 5) is 20.9. The molecular weight excluding hydrogens is 316 g/mol. The highest BCUT2D eigenvalue weighted by molar-refractivity contribution is 7.13. The van der Waals surface area contributed by atoms with Crippen LogP contribution < -0.4 is 0 Å². The van der Waals surface area contributed by atoms with Gasteiger partial charge in [0.1, 0.15) is 6.04 Å². The van der Waals surface area contributed by atoms with Gasteiger partial charge < -0.3 is 9.63 Å². The number of hydrogen-bond donors (Lipinski definition) is 1. The van der Waals surface area contributed by atoms with Gasteiger partial charge in [0.25, 0.3) is 0 Å². The Morgan fingerprint density at radius 2 is 2.22 bits per heavy atom. The van der Waals surface area contributed by atoms with Crippen molar-refractivity contribution in [2.75, 3.05) is 26.2 Å². The molecule has 1 aliphatic heterocycles. The highest BCUT2D eigenvalue weighted by Crippen LogP contribution is 2.21. The Labute approximate surface area is 138 Å². The number of rotatable bonds is 6. The van der Waals surface area contributed by atoms with Crippen molar-refractivity contribution in [3.05, 3.63) is 23.4 Å². The average molecular weight is 336 g/mol. The van der Waals surface area contributed by atoms with Crippen LogP contribution in [0.1, 0.15) is 19.2 Å². The highest BCUT2D eigenvalue weighted by Gasteiger charge is 2.27. The minimum Gasteiger partial charge on any atom is -0.480 e. The van der Waals surface area contributed by atoms with Crippen LogP contribution in [-0.2, 0) is 11.3 Å². The van der Waals surface area contributed by atoms with E-state index in [9.17, 15) is 9.90 Å². The second kappa shape index (κ2) is 7.20. The molecule has 1 atom stereocenters. The molecule has 1 aliphatic rings. The van der Waals surface area contributed by atoms with E-state index in [-0.39, 0.29) is 6.04 Å². The predicted molar refractivity (Wildman–Crippen MR) is 86.2 cm³/mol. The molecular formula is C15H20N4O3S. The summed E-state index contributed by atoms with van der Waals surface area (Å²) in [5, 5.41) is 15.2. The molecule has 8 heteroatoms. The number of nitrogens with zero attached hydrogens (tertiary/aromatic N) is 4. The molecule has 124 valence electrons. The lowest BCUT2D eigenvalue weighted by Gasteiger charge is -2.36. The number of carboxylic acids is 1. The molecule has 0 bridgehead atoms. The van der Waals surface area contributed by atoms with Crippen LogP contribution in [0.25, 0.3) is 10.7 Å². The van der Waals surface area contributed by atoms with Crippen molar-refractivity contribution in [1.82, 2.24) is 19.9 Å². The zero-order chi connectivity index (χ0) is 16.2. The molecule has 1 saturated heterocycles. The van der Waals surface area contributed by atoms with Gasteiger partial charge in [-0.1, -0.05) is 18.1 Å². The number of aliphatic carboxylic acids is 1. The van der Waals surface area contributed by atoms with Gasteiger partial charge in [-0.25, -0.2) is 0 Å². The monoisotopic (exact) mass is 336 g/mol. The quantitative estimate of drug-likeness (QED) is 0.861. The normalized spacial score (nSPS) is 18.1. The SMILES string of the molecule is CCC(C(=O)O)N1CCN(Cc2nc(-c3cccs3)no2)CC1. The molecule has 0 aromatic carbocycles. The molecule has 1 unspecified atom stereocenters. The maximum atomic E-state index is 11.2. The lowest BCUT2D eigenvalue weighted by molar-refractivity contribution is -0.144. The number of thiophene rings is 1. The molecule has 2 aromatic rings. The molecule has 2 aromatic heterocycles. The Kier molecular flexibility index (Phi) is 5.04. The Morgan fingerprint density at radius 3 is 2.83 bits per heavy atom. The molecule has 0 aliphatic carbocycles. The number of hydrogen-bond acceptors (Lipinski definition) is 7. The molecule has 1 N–H and O–H groups in total. The largest absolute Gasteiger partial charge is 0.480 e. The van der Waals surface area contributed by atoms with Gasteiger partial charge in [0, 0.05) is 26.2 Å². The van der Waals surface area contributed by atoms with Crippen LogP contribution in [0.5, 0.6) is 0 Å². The van der Waals surface area contributed by atoms with Crippen LogP contribution in [0.4, 0.5) is 0 Å². The van der Waals surface area contributed by atoms with E-state index in [2.05, 4.69) is 15.0 Å². The zero-order valence-corrected chi connectivity index (χ0v) is 13.8. The van der Waals surface area contributed by atoms with Crippen molar-refractivity contribution in [2.24, 2.45) is 0 Å². The van der Waals surface area contributed by atoms with E-state index < -0.39 is 5.97 Å². The van der Waals surface area contributed by atoms with Crippen LogP contribution >= 0.6 is 11.3 Å². The summed E-state index contributed by atoms with van der Waals surface area (Å²) in [5.74, 6) is 0.496. The van der Waals surface area contributed by atoms with Crippen molar-refractivity contribution in [3.8, 4) is 10.7 Å². The lowest BCUT2D eigenvalue weighted by Crippen LogP contribution is -2.52. The summed E-state index contributed by atoms with van der Waals surface area (Å²) in [6.45, 7) is 5.63. The maximum absolute atomic E-state index is 11.2. The first-order valence-electron chi connectivity index (χ1n) is 7.73. The first-order valence-corrected chi connectivity index (χ1v) is 8.61. The average Bonchev–Trinajstić information content (AvgIpc) is 3.20. The number of carboxylic acid groups (broad SMARTS) is 1. The van der Waals surface area contributed by atoms with Gasteiger partial charge in [0.05, 0.1) is 11.4 Å². The molecule has 0 spiro atoms. The van der Waals surface area contributed by atoms with E-state index in [1.54, 1.807) is 11.3 Å². The van der Waals surface area contributed by atoms with Crippen molar-refractivity contribution in [1.29, 1.82) is 0 Å². The third-order valence-electron chi connectivity index (χ3n) is 4.09. The summed E-state index contributed by atoms with van der Waals surface area (Å²) in [6, 6.07) is 3.54. The minimum absolute atomic E-state index is 0.383. The molecule has 0 saturated carbocycles. The second-order valence-electron chi connectivity index (χ2n) is 5.56. The van der Waals surface area contributed by atoms with Crippen molar-refractivity contribution in [3.63, 3.8) is 0 Å². The molecule has 0 radical (unpaired) electrons. The Balaban J connectivity index is 1.54. The fourth-order valence-electron chi connectivity index (χ4n) is 2.84. The zero-order valence-electron chi connectivity index (χ0n) is 13.0. The molecule has 3 heterocycles. The van der Waals surface area contributed by atoms with Gasteiger partial charge >= 0.3 is 5.97 Å². The van der Waals surface area contributed by atoms with E-state index in [4.69, 9.17) is 4.52 Å².